The molecule has 1 N–H and O–H groups in total. The lowest BCUT2D eigenvalue weighted by molar-refractivity contribution is 0.105. The second-order valence-corrected chi connectivity index (χ2v) is 5.63. The van der Waals surface area contributed by atoms with Crippen molar-refractivity contribution in [3.63, 3.8) is 0 Å². The summed E-state index contributed by atoms with van der Waals surface area (Å²) in [7, 11) is 0. The van der Waals surface area contributed by atoms with Gasteiger partial charge < -0.3 is 5.11 Å². The van der Waals surface area contributed by atoms with Gasteiger partial charge in [-0.1, -0.05) is 35.3 Å². The molecule has 2 aromatic rings. The van der Waals surface area contributed by atoms with Crippen molar-refractivity contribution in [1.82, 2.24) is 0 Å². The molecular weight excluding hydrogens is 291 g/mol. The molecule has 92 valence electrons. The van der Waals surface area contributed by atoms with Gasteiger partial charge in [0.25, 0.3) is 0 Å². The average molecular weight is 299 g/mol. The lowest BCUT2D eigenvalue weighted by atomic mass is 10.2. The Morgan fingerprint density at radius 2 is 2.00 bits per heavy atom. The fraction of sp³-hybridized carbons (Fsp3) is 0. The van der Waals surface area contributed by atoms with Crippen molar-refractivity contribution in [2.75, 3.05) is 0 Å². The van der Waals surface area contributed by atoms with E-state index < -0.39 is 0 Å². The summed E-state index contributed by atoms with van der Waals surface area (Å²) in [5.74, 6) is -0.0960. The van der Waals surface area contributed by atoms with Crippen LogP contribution in [0.25, 0.3) is 6.08 Å². The number of hydrogen-bond acceptors (Lipinski definition) is 3. The Morgan fingerprint density at radius 3 is 2.61 bits per heavy atom. The van der Waals surface area contributed by atoms with Crippen LogP contribution >= 0.6 is 34.5 Å². The van der Waals surface area contributed by atoms with Crippen LogP contribution < -0.4 is 0 Å². The third kappa shape index (κ3) is 3.13. The van der Waals surface area contributed by atoms with Gasteiger partial charge in [0.15, 0.2) is 5.78 Å². The summed E-state index contributed by atoms with van der Waals surface area (Å²) < 4.78 is 0.583. The summed E-state index contributed by atoms with van der Waals surface area (Å²) in [5, 5.41) is 9.52. The molecule has 0 atom stereocenters. The third-order valence-corrected chi connectivity index (χ3v) is 3.76. The van der Waals surface area contributed by atoms with E-state index in [1.807, 2.05) is 0 Å². The number of thiophene rings is 1. The average Bonchev–Trinajstić information content (AvgIpc) is 2.77. The van der Waals surface area contributed by atoms with Crippen LogP contribution in [0.1, 0.15) is 15.2 Å². The lowest BCUT2D eigenvalue weighted by Gasteiger charge is -1.97. The van der Waals surface area contributed by atoms with Crippen LogP contribution in [0.15, 0.2) is 36.4 Å². The Balaban J connectivity index is 2.15. The molecule has 0 radical (unpaired) electrons. The summed E-state index contributed by atoms with van der Waals surface area (Å²) >= 11 is 12.8. The molecule has 0 spiro atoms. The number of phenols is 1. The first kappa shape index (κ1) is 13.1. The standard InChI is InChI=1S/C13H8Cl2O2S/c14-9-7-8(1-3-10(9)16)2-4-11(17)12-5-6-13(15)18-12/h1-7,16H/b4-2+. The predicted molar refractivity (Wildman–Crippen MR) is 75.8 cm³/mol. The Hall–Kier alpha value is -1.29. The van der Waals surface area contributed by atoms with Crippen molar-refractivity contribution in [1.29, 1.82) is 0 Å². The highest BCUT2D eigenvalue weighted by atomic mass is 35.5. The topological polar surface area (TPSA) is 37.3 Å². The van der Waals surface area contributed by atoms with E-state index in [2.05, 4.69) is 0 Å². The van der Waals surface area contributed by atoms with Crippen molar-refractivity contribution in [3.05, 3.63) is 56.2 Å². The molecule has 1 aromatic carbocycles. The molecule has 18 heavy (non-hydrogen) atoms. The quantitative estimate of drug-likeness (QED) is 0.661. The molecule has 1 heterocycles. The molecule has 1 aromatic heterocycles. The first-order chi connectivity index (χ1) is 8.56. The van der Waals surface area contributed by atoms with Crippen LogP contribution in [-0.4, -0.2) is 10.9 Å². The summed E-state index contributed by atoms with van der Waals surface area (Å²) in [4.78, 5) is 12.4. The summed E-state index contributed by atoms with van der Waals surface area (Å²) in [5.41, 5.74) is 0.744. The molecular formula is C13H8Cl2O2S. The fourth-order valence-electron chi connectivity index (χ4n) is 1.33. The van der Waals surface area contributed by atoms with Gasteiger partial charge in [0, 0.05) is 0 Å². The van der Waals surface area contributed by atoms with Crippen molar-refractivity contribution in [2.24, 2.45) is 0 Å². The van der Waals surface area contributed by atoms with E-state index in [0.717, 1.165) is 5.56 Å². The highest BCUT2D eigenvalue weighted by Crippen LogP contribution is 2.25. The SMILES string of the molecule is O=C(/C=C/c1ccc(O)c(Cl)c1)c1ccc(Cl)s1. The number of aromatic hydroxyl groups is 1. The molecule has 0 saturated carbocycles. The first-order valence-electron chi connectivity index (χ1n) is 5.02. The van der Waals surface area contributed by atoms with Gasteiger partial charge in [-0.05, 0) is 35.9 Å². The third-order valence-electron chi connectivity index (χ3n) is 2.21. The second kappa shape index (κ2) is 5.57. The van der Waals surface area contributed by atoms with Gasteiger partial charge in [-0.3, -0.25) is 4.79 Å². The van der Waals surface area contributed by atoms with E-state index in [-0.39, 0.29) is 16.6 Å². The number of rotatable bonds is 3. The number of ketones is 1. The maximum absolute atomic E-state index is 11.8. The molecule has 2 rings (SSSR count). The Morgan fingerprint density at radius 1 is 1.22 bits per heavy atom. The predicted octanol–water partition coefficient (Wildman–Crippen LogP) is 4.66. The van der Waals surface area contributed by atoms with E-state index in [1.165, 1.54) is 23.5 Å². The monoisotopic (exact) mass is 298 g/mol. The summed E-state index contributed by atoms with van der Waals surface area (Å²) in [6.07, 6.45) is 3.09. The van der Waals surface area contributed by atoms with E-state index in [9.17, 15) is 9.90 Å². The van der Waals surface area contributed by atoms with Gasteiger partial charge in [-0.2, -0.15) is 0 Å². The fourth-order valence-corrected chi connectivity index (χ4v) is 2.48. The molecule has 0 bridgehead atoms. The van der Waals surface area contributed by atoms with Crippen LogP contribution in [0, 0.1) is 0 Å². The van der Waals surface area contributed by atoms with Crippen LogP contribution in [0.5, 0.6) is 5.75 Å². The number of phenolic OH excluding ortho intramolecular Hbond substituents is 1. The van der Waals surface area contributed by atoms with E-state index in [4.69, 9.17) is 23.2 Å². The minimum absolute atomic E-state index is 0.0187. The zero-order valence-electron chi connectivity index (χ0n) is 9.06. The van der Waals surface area contributed by atoms with E-state index in [0.29, 0.717) is 9.21 Å². The Bertz CT molecular complexity index is 617. The van der Waals surface area contributed by atoms with Gasteiger partial charge in [0.1, 0.15) is 5.75 Å². The normalized spacial score (nSPS) is 11.0. The zero-order valence-corrected chi connectivity index (χ0v) is 11.4. The maximum Gasteiger partial charge on any atom is 0.195 e. The molecule has 0 amide bonds. The molecule has 0 saturated heterocycles. The Kier molecular flexibility index (Phi) is 4.07. The van der Waals surface area contributed by atoms with Gasteiger partial charge >= 0.3 is 0 Å². The van der Waals surface area contributed by atoms with Gasteiger partial charge in [-0.15, -0.1) is 11.3 Å². The molecule has 0 unspecified atom stereocenters. The number of carbonyl (C=O) groups excluding carboxylic acids is 1. The highest BCUT2D eigenvalue weighted by molar-refractivity contribution is 7.18. The molecule has 0 aliphatic carbocycles. The molecule has 5 heteroatoms. The first-order valence-corrected chi connectivity index (χ1v) is 6.60. The number of benzene rings is 1. The number of halogens is 2. The molecule has 0 aliphatic rings. The largest absolute Gasteiger partial charge is 0.506 e. The summed E-state index contributed by atoms with van der Waals surface area (Å²) in [6, 6.07) is 8.11. The van der Waals surface area contributed by atoms with Crippen LogP contribution in [0.4, 0.5) is 0 Å². The second-order valence-electron chi connectivity index (χ2n) is 3.51. The number of carbonyl (C=O) groups is 1. The van der Waals surface area contributed by atoms with Gasteiger partial charge in [0.2, 0.25) is 0 Å². The molecule has 0 aliphatic heterocycles. The van der Waals surface area contributed by atoms with Crippen molar-refractivity contribution < 1.29 is 9.90 Å². The Labute approximate surface area is 118 Å². The minimum Gasteiger partial charge on any atom is -0.506 e. The smallest absolute Gasteiger partial charge is 0.195 e. The number of hydrogen-bond donors (Lipinski definition) is 1. The maximum atomic E-state index is 11.8. The van der Waals surface area contributed by atoms with Gasteiger partial charge in [-0.25, -0.2) is 0 Å². The van der Waals surface area contributed by atoms with Crippen LogP contribution in [0.2, 0.25) is 9.36 Å². The van der Waals surface area contributed by atoms with Gasteiger partial charge in [0.05, 0.1) is 14.2 Å². The van der Waals surface area contributed by atoms with E-state index in [1.54, 1.807) is 30.3 Å². The highest BCUT2D eigenvalue weighted by Gasteiger charge is 2.05. The van der Waals surface area contributed by atoms with E-state index >= 15 is 0 Å². The lowest BCUT2D eigenvalue weighted by Crippen LogP contribution is -1.88. The van der Waals surface area contributed by atoms with Crippen molar-refractivity contribution >= 4 is 46.4 Å². The zero-order chi connectivity index (χ0) is 13.1. The summed E-state index contributed by atoms with van der Waals surface area (Å²) in [6.45, 7) is 0. The van der Waals surface area contributed by atoms with Crippen LogP contribution in [0.3, 0.4) is 0 Å². The van der Waals surface area contributed by atoms with Crippen molar-refractivity contribution in [2.45, 2.75) is 0 Å². The van der Waals surface area contributed by atoms with Crippen molar-refractivity contribution in [3.8, 4) is 5.75 Å². The molecule has 2 nitrogen and oxygen atoms in total. The minimum atomic E-state index is -0.115. The van der Waals surface area contributed by atoms with Crippen LogP contribution in [-0.2, 0) is 0 Å². The number of allylic oxidation sites excluding steroid dienone is 1. The molecule has 0 fully saturated rings.